The molecule has 0 unspecified atom stereocenters. The maximum atomic E-state index is 12.2. The summed E-state index contributed by atoms with van der Waals surface area (Å²) in [7, 11) is 3.87. The van der Waals surface area contributed by atoms with E-state index < -0.39 is 0 Å². The Morgan fingerprint density at radius 2 is 1.95 bits per heavy atom. The van der Waals surface area contributed by atoms with E-state index in [2.05, 4.69) is 23.8 Å². The second kappa shape index (κ2) is 6.07. The van der Waals surface area contributed by atoms with Crippen molar-refractivity contribution in [1.29, 1.82) is 0 Å². The third kappa shape index (κ3) is 3.18. The quantitative estimate of drug-likeness (QED) is 0.816. The lowest BCUT2D eigenvalue weighted by molar-refractivity contribution is -0.131. The van der Waals surface area contributed by atoms with Gasteiger partial charge in [-0.15, -0.1) is 0 Å². The molecule has 1 saturated heterocycles. The van der Waals surface area contributed by atoms with E-state index in [9.17, 15) is 4.79 Å². The molecule has 1 aromatic rings. The Morgan fingerprint density at radius 3 is 2.55 bits per heavy atom. The van der Waals surface area contributed by atoms with Crippen molar-refractivity contribution in [3.05, 3.63) is 12.4 Å². The Kier molecular flexibility index (Phi) is 4.42. The largest absolute Gasteiger partial charge is 0.360 e. The Morgan fingerprint density at radius 1 is 1.25 bits per heavy atom. The van der Waals surface area contributed by atoms with Gasteiger partial charge in [-0.2, -0.15) is 0 Å². The summed E-state index contributed by atoms with van der Waals surface area (Å²) in [6.07, 6.45) is 3.35. The topological polar surface area (TPSA) is 52.6 Å². The van der Waals surface area contributed by atoms with Crippen LogP contribution in [-0.4, -0.2) is 61.0 Å². The van der Waals surface area contributed by atoms with Gasteiger partial charge in [-0.3, -0.25) is 4.79 Å². The molecule has 6 nitrogen and oxygen atoms in total. The Hall–Kier alpha value is -1.85. The molecule has 0 aliphatic carbocycles. The second-order valence-electron chi connectivity index (χ2n) is 5.75. The van der Waals surface area contributed by atoms with Crippen molar-refractivity contribution < 1.29 is 4.79 Å². The van der Waals surface area contributed by atoms with E-state index in [1.165, 1.54) is 0 Å². The molecule has 1 fully saturated rings. The lowest BCUT2D eigenvalue weighted by atomic mass is 10.2. The number of hydrogen-bond acceptors (Lipinski definition) is 5. The number of carbonyl (C=O) groups is 1. The van der Waals surface area contributed by atoms with Crippen molar-refractivity contribution in [3.63, 3.8) is 0 Å². The van der Waals surface area contributed by atoms with Crippen LogP contribution in [0.3, 0.4) is 0 Å². The number of hydrogen-bond donors (Lipinski definition) is 0. The molecule has 1 amide bonds. The van der Waals surface area contributed by atoms with Crippen LogP contribution in [0.5, 0.6) is 0 Å². The number of nitrogens with zero attached hydrogens (tertiary/aromatic N) is 5. The first-order chi connectivity index (χ1) is 9.49. The molecule has 0 aromatic carbocycles. The minimum Gasteiger partial charge on any atom is -0.360 e. The summed E-state index contributed by atoms with van der Waals surface area (Å²) in [5.74, 6) is 2.26. The van der Waals surface area contributed by atoms with Gasteiger partial charge in [0.1, 0.15) is 0 Å². The fourth-order valence-corrected chi connectivity index (χ4v) is 2.38. The van der Waals surface area contributed by atoms with Gasteiger partial charge in [0.05, 0.1) is 6.54 Å². The summed E-state index contributed by atoms with van der Waals surface area (Å²) in [6, 6.07) is 0. The minimum absolute atomic E-state index is 0.167. The van der Waals surface area contributed by atoms with Gasteiger partial charge in [-0.05, 0) is 5.92 Å². The molecule has 1 aliphatic rings. The normalized spacial score (nSPS) is 15.9. The number of aromatic nitrogens is 2. The van der Waals surface area contributed by atoms with Crippen molar-refractivity contribution >= 4 is 17.5 Å². The third-order valence-corrected chi connectivity index (χ3v) is 3.29. The molecule has 1 aliphatic heterocycles. The van der Waals surface area contributed by atoms with Crippen molar-refractivity contribution in [3.8, 4) is 0 Å². The van der Waals surface area contributed by atoms with Gasteiger partial charge in [-0.1, -0.05) is 13.8 Å². The zero-order valence-electron chi connectivity index (χ0n) is 12.7. The maximum Gasteiger partial charge on any atom is 0.242 e. The van der Waals surface area contributed by atoms with Crippen molar-refractivity contribution in [2.75, 3.05) is 50.1 Å². The van der Waals surface area contributed by atoms with E-state index in [0.717, 1.165) is 31.3 Å². The highest BCUT2D eigenvalue weighted by atomic mass is 16.2. The molecule has 2 heterocycles. The van der Waals surface area contributed by atoms with E-state index in [1.54, 1.807) is 12.4 Å². The SMILES string of the molecule is CC(C)CN1CCN(c2nccnc2N(C)C)CC1=O. The van der Waals surface area contributed by atoms with Crippen LogP contribution in [0, 0.1) is 5.92 Å². The molecule has 0 radical (unpaired) electrons. The Labute approximate surface area is 120 Å². The molecule has 1 aromatic heterocycles. The lowest BCUT2D eigenvalue weighted by Crippen LogP contribution is -2.51. The first-order valence-corrected chi connectivity index (χ1v) is 7.00. The summed E-state index contributed by atoms with van der Waals surface area (Å²) in [5, 5.41) is 0. The summed E-state index contributed by atoms with van der Waals surface area (Å²) in [5.41, 5.74) is 0. The average Bonchev–Trinajstić information content (AvgIpc) is 2.40. The van der Waals surface area contributed by atoms with Crippen LogP contribution in [-0.2, 0) is 4.79 Å². The van der Waals surface area contributed by atoms with Crippen LogP contribution in [0.15, 0.2) is 12.4 Å². The highest BCUT2D eigenvalue weighted by Gasteiger charge is 2.27. The summed E-state index contributed by atoms with van der Waals surface area (Å²) in [4.78, 5) is 26.8. The molecule has 0 saturated carbocycles. The molecular formula is C14H23N5O. The van der Waals surface area contributed by atoms with E-state index in [4.69, 9.17) is 0 Å². The van der Waals surface area contributed by atoms with Gasteiger partial charge >= 0.3 is 0 Å². The molecule has 0 bridgehead atoms. The minimum atomic E-state index is 0.167. The summed E-state index contributed by atoms with van der Waals surface area (Å²) < 4.78 is 0. The first-order valence-electron chi connectivity index (χ1n) is 7.00. The fourth-order valence-electron chi connectivity index (χ4n) is 2.38. The maximum absolute atomic E-state index is 12.2. The van der Waals surface area contributed by atoms with Gasteiger partial charge in [0, 0.05) is 46.1 Å². The Balaban J connectivity index is 2.12. The number of amides is 1. The van der Waals surface area contributed by atoms with Crippen molar-refractivity contribution in [1.82, 2.24) is 14.9 Å². The highest BCUT2D eigenvalue weighted by Crippen LogP contribution is 2.23. The van der Waals surface area contributed by atoms with E-state index in [0.29, 0.717) is 12.5 Å². The molecular weight excluding hydrogens is 254 g/mol. The smallest absolute Gasteiger partial charge is 0.242 e. The highest BCUT2D eigenvalue weighted by molar-refractivity contribution is 5.83. The third-order valence-electron chi connectivity index (χ3n) is 3.29. The fraction of sp³-hybridized carbons (Fsp3) is 0.643. The lowest BCUT2D eigenvalue weighted by Gasteiger charge is -2.36. The van der Waals surface area contributed by atoms with E-state index in [-0.39, 0.29) is 5.91 Å². The van der Waals surface area contributed by atoms with Crippen LogP contribution in [0.2, 0.25) is 0 Å². The van der Waals surface area contributed by atoms with Gasteiger partial charge in [0.25, 0.3) is 0 Å². The second-order valence-corrected chi connectivity index (χ2v) is 5.75. The molecule has 0 spiro atoms. The Bertz CT molecular complexity index is 474. The molecule has 6 heteroatoms. The molecule has 0 N–H and O–H groups in total. The van der Waals surface area contributed by atoms with Crippen LogP contribution < -0.4 is 9.80 Å². The zero-order chi connectivity index (χ0) is 14.7. The number of carbonyl (C=O) groups excluding carboxylic acids is 1. The summed E-state index contributed by atoms with van der Waals surface area (Å²) >= 11 is 0. The van der Waals surface area contributed by atoms with Crippen molar-refractivity contribution in [2.24, 2.45) is 5.92 Å². The first kappa shape index (κ1) is 14.6. The number of rotatable bonds is 4. The predicted molar refractivity (Wildman–Crippen MR) is 80.0 cm³/mol. The molecule has 2 rings (SSSR count). The van der Waals surface area contributed by atoms with Crippen molar-refractivity contribution in [2.45, 2.75) is 13.8 Å². The van der Waals surface area contributed by atoms with Crippen LogP contribution in [0.1, 0.15) is 13.8 Å². The number of piperazine rings is 1. The van der Waals surface area contributed by atoms with Gasteiger partial charge < -0.3 is 14.7 Å². The van der Waals surface area contributed by atoms with E-state index >= 15 is 0 Å². The van der Waals surface area contributed by atoms with Crippen LogP contribution in [0.4, 0.5) is 11.6 Å². The standard InChI is InChI=1S/C14H23N5O/c1-11(2)9-18-7-8-19(10-12(18)20)14-13(17(3)4)15-5-6-16-14/h5-6,11H,7-10H2,1-4H3. The van der Waals surface area contributed by atoms with Crippen LogP contribution >= 0.6 is 0 Å². The molecule has 20 heavy (non-hydrogen) atoms. The summed E-state index contributed by atoms with van der Waals surface area (Å²) in [6.45, 7) is 7.03. The van der Waals surface area contributed by atoms with Gasteiger partial charge in [0.15, 0.2) is 11.6 Å². The molecule has 0 atom stereocenters. The van der Waals surface area contributed by atoms with Crippen LogP contribution in [0.25, 0.3) is 0 Å². The number of anilines is 2. The molecule has 110 valence electrons. The average molecular weight is 277 g/mol. The van der Waals surface area contributed by atoms with Gasteiger partial charge in [0.2, 0.25) is 5.91 Å². The van der Waals surface area contributed by atoms with Gasteiger partial charge in [-0.25, -0.2) is 9.97 Å². The zero-order valence-corrected chi connectivity index (χ0v) is 12.7. The van der Waals surface area contributed by atoms with E-state index in [1.807, 2.05) is 28.8 Å². The predicted octanol–water partition coefficient (Wildman–Crippen LogP) is 0.847. The monoisotopic (exact) mass is 277 g/mol.